The van der Waals surface area contributed by atoms with Crippen LogP contribution in [0, 0.1) is 5.82 Å². The van der Waals surface area contributed by atoms with E-state index in [4.69, 9.17) is 32.5 Å². The molecule has 10 heteroatoms. The fourth-order valence-electron chi connectivity index (χ4n) is 3.83. The molecule has 2 aromatic heterocycles. The van der Waals surface area contributed by atoms with Gasteiger partial charge in [-0.2, -0.15) is 0 Å². The highest BCUT2D eigenvalue weighted by Crippen LogP contribution is 2.48. The van der Waals surface area contributed by atoms with Crippen molar-refractivity contribution in [2.75, 3.05) is 20.3 Å². The SMILES string of the molecule is COc1nccc(-c2nc([C@@](O)(CN)c3ccc(F)cc3)cc3c2OC[C@]3(C)C(N)=O)c1Cl. The summed E-state index contributed by atoms with van der Waals surface area (Å²) < 4.78 is 24.6. The first-order valence-corrected chi connectivity index (χ1v) is 10.4. The molecule has 0 bridgehead atoms. The van der Waals surface area contributed by atoms with Crippen molar-refractivity contribution < 1.29 is 23.8 Å². The zero-order chi connectivity index (χ0) is 24.0. The second kappa shape index (κ2) is 8.26. The summed E-state index contributed by atoms with van der Waals surface area (Å²) in [5, 5.41) is 11.8. The van der Waals surface area contributed by atoms with E-state index in [-0.39, 0.29) is 35.4 Å². The first kappa shape index (κ1) is 22.9. The Hall–Kier alpha value is -3.27. The number of hydrogen-bond donors (Lipinski definition) is 3. The number of benzene rings is 1. The maximum Gasteiger partial charge on any atom is 0.232 e. The van der Waals surface area contributed by atoms with Crippen molar-refractivity contribution in [3.63, 3.8) is 0 Å². The predicted octanol–water partition coefficient (Wildman–Crippen LogP) is 2.27. The zero-order valence-electron chi connectivity index (χ0n) is 17.9. The van der Waals surface area contributed by atoms with Gasteiger partial charge >= 0.3 is 0 Å². The first-order chi connectivity index (χ1) is 15.7. The molecule has 8 nitrogen and oxygen atoms in total. The van der Waals surface area contributed by atoms with Crippen LogP contribution in [0.2, 0.25) is 5.02 Å². The number of nitrogens with two attached hydrogens (primary N) is 2. The highest BCUT2D eigenvalue weighted by atomic mass is 35.5. The summed E-state index contributed by atoms with van der Waals surface area (Å²) in [5.74, 6) is -0.612. The number of rotatable bonds is 6. The third kappa shape index (κ3) is 3.58. The van der Waals surface area contributed by atoms with Crippen molar-refractivity contribution in [2.24, 2.45) is 11.5 Å². The number of halogens is 2. The van der Waals surface area contributed by atoms with E-state index in [0.29, 0.717) is 22.4 Å². The van der Waals surface area contributed by atoms with Gasteiger partial charge in [-0.25, -0.2) is 14.4 Å². The Morgan fingerprint density at radius 2 is 2.06 bits per heavy atom. The maximum absolute atomic E-state index is 13.5. The molecule has 2 atom stereocenters. The average Bonchev–Trinajstić information content (AvgIpc) is 3.17. The van der Waals surface area contributed by atoms with Gasteiger partial charge in [-0.1, -0.05) is 23.7 Å². The van der Waals surface area contributed by atoms with Crippen LogP contribution in [0.4, 0.5) is 4.39 Å². The summed E-state index contributed by atoms with van der Waals surface area (Å²) in [6, 6.07) is 8.42. The standard InChI is InChI=1S/C23H22ClFN4O4/c1-22(21(27)30)11-33-19-15(22)9-16(23(31,10-26)12-3-5-13(25)6-4-12)29-18(19)14-7-8-28-20(32-2)17(14)24/h3-9,31H,10-11,26H2,1-2H3,(H2,27,30)/t22-,23+/m0/s1. The Kier molecular flexibility index (Phi) is 5.73. The van der Waals surface area contributed by atoms with Gasteiger partial charge < -0.3 is 26.0 Å². The lowest BCUT2D eigenvalue weighted by Crippen LogP contribution is -2.41. The number of nitrogens with zero attached hydrogens (tertiary/aromatic N) is 2. The molecule has 0 saturated heterocycles. The third-order valence-corrected chi connectivity index (χ3v) is 6.33. The quantitative estimate of drug-likeness (QED) is 0.501. The molecule has 0 saturated carbocycles. The molecule has 4 rings (SSSR count). The summed E-state index contributed by atoms with van der Waals surface area (Å²) in [5.41, 5.74) is 10.2. The van der Waals surface area contributed by atoms with Gasteiger partial charge in [0.05, 0.1) is 12.8 Å². The minimum atomic E-state index is -1.80. The normalized spacial score (nSPS) is 18.8. The van der Waals surface area contributed by atoms with E-state index in [2.05, 4.69) is 9.97 Å². The number of ether oxygens (including phenoxy) is 2. The molecule has 0 spiro atoms. The fourth-order valence-corrected chi connectivity index (χ4v) is 4.11. The molecule has 0 unspecified atom stereocenters. The Morgan fingerprint density at radius 3 is 2.67 bits per heavy atom. The van der Waals surface area contributed by atoms with Crippen LogP contribution >= 0.6 is 11.6 Å². The third-order valence-electron chi connectivity index (χ3n) is 5.96. The Morgan fingerprint density at radius 1 is 1.36 bits per heavy atom. The van der Waals surface area contributed by atoms with Gasteiger partial charge in [0.2, 0.25) is 11.8 Å². The molecule has 1 aliphatic rings. The van der Waals surface area contributed by atoms with Crippen molar-refractivity contribution in [3.8, 4) is 22.9 Å². The second-order valence-corrected chi connectivity index (χ2v) is 8.35. The number of amides is 1. The van der Waals surface area contributed by atoms with E-state index < -0.39 is 22.7 Å². The van der Waals surface area contributed by atoms with E-state index in [1.165, 1.54) is 37.6 Å². The first-order valence-electron chi connectivity index (χ1n) is 10.0. The number of pyridine rings is 2. The summed E-state index contributed by atoms with van der Waals surface area (Å²) in [4.78, 5) is 21.1. The molecule has 1 aliphatic heterocycles. The molecule has 1 aromatic carbocycles. The van der Waals surface area contributed by atoms with Gasteiger partial charge in [0.1, 0.15) is 39.9 Å². The second-order valence-electron chi connectivity index (χ2n) is 7.97. The summed E-state index contributed by atoms with van der Waals surface area (Å²) >= 11 is 6.51. The highest BCUT2D eigenvalue weighted by molar-refractivity contribution is 6.34. The lowest BCUT2D eigenvalue weighted by atomic mass is 9.81. The van der Waals surface area contributed by atoms with E-state index >= 15 is 0 Å². The number of methoxy groups -OCH3 is 1. The number of carbonyl (C=O) groups excluding carboxylic acids is 1. The van der Waals surface area contributed by atoms with Crippen LogP contribution in [0.5, 0.6) is 11.6 Å². The van der Waals surface area contributed by atoms with E-state index in [1.807, 2.05) is 0 Å². The molecule has 5 N–H and O–H groups in total. The van der Waals surface area contributed by atoms with Gasteiger partial charge in [0, 0.05) is 23.9 Å². The molecular formula is C23H22ClFN4O4. The molecule has 3 heterocycles. The summed E-state index contributed by atoms with van der Waals surface area (Å²) in [6.45, 7) is 1.35. The number of aromatic nitrogens is 2. The molecule has 33 heavy (non-hydrogen) atoms. The van der Waals surface area contributed by atoms with Crippen molar-refractivity contribution in [3.05, 3.63) is 70.3 Å². The average molecular weight is 473 g/mol. The van der Waals surface area contributed by atoms with Crippen LogP contribution in [-0.2, 0) is 15.8 Å². The lowest BCUT2D eigenvalue weighted by Gasteiger charge is -2.29. The summed E-state index contributed by atoms with van der Waals surface area (Å²) in [7, 11) is 1.43. The van der Waals surface area contributed by atoms with Crippen molar-refractivity contribution in [1.82, 2.24) is 9.97 Å². The van der Waals surface area contributed by atoms with Crippen LogP contribution in [0.25, 0.3) is 11.3 Å². The van der Waals surface area contributed by atoms with Gasteiger partial charge in [0.15, 0.2) is 0 Å². The van der Waals surface area contributed by atoms with Gasteiger partial charge in [0.25, 0.3) is 0 Å². The highest BCUT2D eigenvalue weighted by Gasteiger charge is 2.46. The molecule has 3 aromatic rings. The number of carbonyl (C=O) groups is 1. The molecular weight excluding hydrogens is 451 g/mol. The van der Waals surface area contributed by atoms with Gasteiger partial charge in [-0.05, 0) is 36.8 Å². The van der Waals surface area contributed by atoms with Gasteiger partial charge in [-0.15, -0.1) is 0 Å². The van der Waals surface area contributed by atoms with Crippen LogP contribution in [-0.4, -0.2) is 41.2 Å². The smallest absolute Gasteiger partial charge is 0.232 e. The van der Waals surface area contributed by atoms with Crippen LogP contribution in [0.1, 0.15) is 23.7 Å². The van der Waals surface area contributed by atoms with Crippen molar-refractivity contribution in [1.29, 1.82) is 0 Å². The fraction of sp³-hybridized carbons (Fsp3) is 0.261. The predicted molar refractivity (Wildman–Crippen MR) is 120 cm³/mol. The maximum atomic E-state index is 13.5. The van der Waals surface area contributed by atoms with E-state index in [9.17, 15) is 14.3 Å². The number of aliphatic hydroxyl groups is 1. The zero-order valence-corrected chi connectivity index (χ0v) is 18.7. The minimum Gasteiger partial charge on any atom is -0.489 e. The number of fused-ring (bicyclic) bond motifs is 1. The topological polar surface area (TPSA) is 134 Å². The molecule has 172 valence electrons. The van der Waals surface area contributed by atoms with E-state index in [0.717, 1.165) is 0 Å². The Balaban J connectivity index is 2.03. The van der Waals surface area contributed by atoms with Crippen molar-refractivity contribution in [2.45, 2.75) is 17.9 Å². The number of hydrogen-bond acceptors (Lipinski definition) is 7. The molecule has 0 fully saturated rings. The van der Waals surface area contributed by atoms with Crippen LogP contribution < -0.4 is 20.9 Å². The summed E-state index contributed by atoms with van der Waals surface area (Å²) in [6.07, 6.45) is 1.48. The largest absolute Gasteiger partial charge is 0.489 e. The van der Waals surface area contributed by atoms with Crippen molar-refractivity contribution >= 4 is 17.5 Å². The molecule has 0 aliphatic carbocycles. The van der Waals surface area contributed by atoms with E-state index in [1.54, 1.807) is 19.1 Å². The molecule has 1 amide bonds. The van der Waals surface area contributed by atoms with Crippen LogP contribution in [0.15, 0.2) is 42.6 Å². The minimum absolute atomic E-state index is 0.0206. The van der Waals surface area contributed by atoms with Gasteiger partial charge in [-0.3, -0.25) is 4.79 Å². The Bertz CT molecular complexity index is 1240. The molecule has 0 radical (unpaired) electrons. The Labute approximate surface area is 194 Å². The number of primary amides is 1. The monoisotopic (exact) mass is 472 g/mol. The van der Waals surface area contributed by atoms with Crippen LogP contribution in [0.3, 0.4) is 0 Å². The lowest BCUT2D eigenvalue weighted by molar-refractivity contribution is -0.123.